The molecule has 0 aliphatic carbocycles. The van der Waals surface area contributed by atoms with Crippen molar-refractivity contribution >= 4 is 13.7 Å². The van der Waals surface area contributed by atoms with Gasteiger partial charge in [0.25, 0.3) is 0 Å². The third-order valence-electron chi connectivity index (χ3n) is 7.81. The molecule has 0 rings (SSSR count). The lowest BCUT2D eigenvalue weighted by atomic mass is 10.0. The quantitative estimate of drug-likeness (QED) is 0.0318. The molecule has 0 aliphatic heterocycles. The maximum absolute atomic E-state index is 12.7. The van der Waals surface area contributed by atoms with Crippen LogP contribution in [0.25, 0.3) is 0 Å². The Morgan fingerprint density at radius 3 is 1.82 bits per heavy atom. The number of carbonyl (C=O) groups excluding carboxylic acids is 1. The van der Waals surface area contributed by atoms with Crippen molar-refractivity contribution in [3.63, 3.8) is 0 Å². The Hall–Kier alpha value is -1.02. The van der Waals surface area contributed by atoms with E-state index >= 15 is 0 Å². The van der Waals surface area contributed by atoms with Crippen LogP contribution in [0.1, 0.15) is 162 Å². The lowest BCUT2D eigenvalue weighted by Crippen LogP contribution is -2.46. The molecular weight excluding hydrogens is 575 g/mol. The van der Waals surface area contributed by atoms with Crippen molar-refractivity contribution in [3.05, 3.63) is 24.3 Å². The van der Waals surface area contributed by atoms with E-state index in [-0.39, 0.29) is 25.7 Å². The predicted molar refractivity (Wildman–Crippen MR) is 185 cm³/mol. The third kappa shape index (κ3) is 29.7. The lowest BCUT2D eigenvalue weighted by molar-refractivity contribution is -0.123. The van der Waals surface area contributed by atoms with Gasteiger partial charge in [-0.15, -0.1) is 0 Å². The summed E-state index contributed by atoms with van der Waals surface area (Å²) in [5.74, 6) is -0.179. The fraction of sp³-hybridized carbons (Fsp3) is 0.857. The van der Waals surface area contributed by atoms with Crippen LogP contribution in [-0.2, 0) is 18.4 Å². The van der Waals surface area contributed by atoms with Crippen molar-refractivity contribution in [1.82, 2.24) is 5.32 Å². The van der Waals surface area contributed by atoms with Crippen LogP contribution in [-0.4, -0.2) is 47.8 Å². The highest BCUT2D eigenvalue weighted by molar-refractivity contribution is 7.47. The zero-order valence-electron chi connectivity index (χ0n) is 28.4. The highest BCUT2D eigenvalue weighted by Gasteiger charge is 2.27. The first-order valence-corrected chi connectivity index (χ1v) is 19.4. The largest absolute Gasteiger partial charge is 0.472 e. The van der Waals surface area contributed by atoms with Gasteiger partial charge in [-0.2, -0.15) is 0 Å². The van der Waals surface area contributed by atoms with E-state index in [1.165, 1.54) is 70.6 Å². The summed E-state index contributed by atoms with van der Waals surface area (Å²) < 4.78 is 22.0. The number of carbonyl (C=O) groups is 1. The number of hydrogen-bond donors (Lipinski definition) is 4. The Morgan fingerprint density at radius 1 is 0.750 bits per heavy atom. The molecule has 0 fully saturated rings. The molecule has 5 N–H and O–H groups in total. The molecule has 1 amide bonds. The van der Waals surface area contributed by atoms with E-state index in [2.05, 4.69) is 43.5 Å². The standard InChI is InChI=1S/C35H69N2O6P/c1-3-5-7-9-11-13-14-15-16-17-18-19-21-23-25-27-29-35(39)37-33(32-43-44(40,41)42-31-30-36)34(38)28-26-24-22-20-12-10-8-6-4-2/h13-14,16-17,33-34,38H,3-12,15,18-32,36H2,1-2H3,(H,37,39)(H,40,41)/b14-13-,17-16-. The van der Waals surface area contributed by atoms with Gasteiger partial charge in [0.15, 0.2) is 0 Å². The zero-order chi connectivity index (χ0) is 32.6. The van der Waals surface area contributed by atoms with Gasteiger partial charge in [0.2, 0.25) is 5.91 Å². The van der Waals surface area contributed by atoms with E-state index in [1.807, 2.05) is 0 Å². The first kappa shape index (κ1) is 43.0. The number of aliphatic hydroxyl groups is 1. The van der Waals surface area contributed by atoms with Crippen molar-refractivity contribution in [1.29, 1.82) is 0 Å². The topological polar surface area (TPSA) is 131 Å². The molecule has 260 valence electrons. The molecule has 0 aromatic heterocycles. The minimum Gasteiger partial charge on any atom is -0.391 e. The van der Waals surface area contributed by atoms with Crippen molar-refractivity contribution in [2.45, 2.75) is 174 Å². The number of nitrogens with two attached hydrogens (primary N) is 1. The summed E-state index contributed by atoms with van der Waals surface area (Å²) in [7, 11) is -4.30. The highest BCUT2D eigenvalue weighted by atomic mass is 31.2. The molecule has 0 saturated heterocycles. The first-order valence-electron chi connectivity index (χ1n) is 18.0. The monoisotopic (exact) mass is 644 g/mol. The normalized spacial score (nSPS) is 14.8. The number of phosphoric ester groups is 1. The molecule has 0 aliphatic rings. The summed E-state index contributed by atoms with van der Waals surface area (Å²) in [6, 6.07) is -0.777. The van der Waals surface area contributed by atoms with Gasteiger partial charge in [0.1, 0.15) is 0 Å². The van der Waals surface area contributed by atoms with Gasteiger partial charge in [0, 0.05) is 13.0 Å². The average molecular weight is 645 g/mol. The Kier molecular flexibility index (Phi) is 31.2. The Morgan fingerprint density at radius 2 is 1.25 bits per heavy atom. The first-order chi connectivity index (χ1) is 21.4. The highest BCUT2D eigenvalue weighted by Crippen LogP contribution is 2.43. The fourth-order valence-corrected chi connectivity index (χ4v) is 5.81. The van der Waals surface area contributed by atoms with Crippen LogP contribution in [0.5, 0.6) is 0 Å². The van der Waals surface area contributed by atoms with Crippen molar-refractivity contribution in [2.24, 2.45) is 5.73 Å². The molecule has 0 radical (unpaired) electrons. The fourth-order valence-electron chi connectivity index (χ4n) is 5.05. The van der Waals surface area contributed by atoms with Crippen LogP contribution in [0.3, 0.4) is 0 Å². The molecule has 3 unspecified atom stereocenters. The van der Waals surface area contributed by atoms with Crippen LogP contribution in [0.4, 0.5) is 0 Å². The summed E-state index contributed by atoms with van der Waals surface area (Å²) in [5, 5.41) is 13.6. The van der Waals surface area contributed by atoms with Gasteiger partial charge in [0.05, 0.1) is 25.4 Å². The van der Waals surface area contributed by atoms with Crippen LogP contribution >= 0.6 is 7.82 Å². The number of aliphatic hydroxyl groups excluding tert-OH is 1. The molecule has 0 aromatic rings. The average Bonchev–Trinajstić information content (AvgIpc) is 3.01. The Balaban J connectivity index is 4.27. The molecule has 3 atom stereocenters. The Bertz CT molecular complexity index is 749. The summed E-state index contributed by atoms with van der Waals surface area (Å²) in [5.41, 5.74) is 5.34. The van der Waals surface area contributed by atoms with E-state index in [0.717, 1.165) is 64.2 Å². The summed E-state index contributed by atoms with van der Waals surface area (Å²) in [6.07, 6.45) is 33.3. The van der Waals surface area contributed by atoms with Crippen molar-refractivity contribution < 1.29 is 28.4 Å². The van der Waals surface area contributed by atoms with Crippen molar-refractivity contribution in [2.75, 3.05) is 19.8 Å². The molecule has 9 heteroatoms. The van der Waals surface area contributed by atoms with Gasteiger partial charge >= 0.3 is 7.82 Å². The molecular formula is C35H69N2O6P. The predicted octanol–water partition coefficient (Wildman–Crippen LogP) is 9.05. The minimum atomic E-state index is -4.30. The van der Waals surface area contributed by atoms with Gasteiger partial charge < -0.3 is 21.1 Å². The number of nitrogens with one attached hydrogen (secondary N) is 1. The van der Waals surface area contributed by atoms with E-state index < -0.39 is 20.0 Å². The molecule has 0 heterocycles. The molecule has 0 aromatic carbocycles. The second-order valence-electron chi connectivity index (χ2n) is 12.1. The summed E-state index contributed by atoms with van der Waals surface area (Å²) in [6.45, 7) is 4.13. The number of hydrogen-bond acceptors (Lipinski definition) is 6. The number of amides is 1. The molecule has 0 saturated carbocycles. The van der Waals surface area contributed by atoms with E-state index in [0.29, 0.717) is 12.8 Å². The van der Waals surface area contributed by atoms with Crippen LogP contribution < -0.4 is 11.1 Å². The molecule has 0 spiro atoms. The van der Waals surface area contributed by atoms with Crippen molar-refractivity contribution in [3.8, 4) is 0 Å². The zero-order valence-corrected chi connectivity index (χ0v) is 29.3. The van der Waals surface area contributed by atoms with E-state index in [9.17, 15) is 19.4 Å². The summed E-state index contributed by atoms with van der Waals surface area (Å²) >= 11 is 0. The number of allylic oxidation sites excluding steroid dienone is 4. The smallest absolute Gasteiger partial charge is 0.391 e. The number of phosphoric acid groups is 1. The molecule has 8 nitrogen and oxygen atoms in total. The number of rotatable bonds is 33. The van der Waals surface area contributed by atoms with Gasteiger partial charge in [-0.3, -0.25) is 13.8 Å². The van der Waals surface area contributed by atoms with Crippen LogP contribution in [0, 0.1) is 0 Å². The maximum atomic E-state index is 12.7. The molecule has 0 bridgehead atoms. The van der Waals surface area contributed by atoms with Crippen LogP contribution in [0.15, 0.2) is 24.3 Å². The third-order valence-corrected chi connectivity index (χ3v) is 8.79. The van der Waals surface area contributed by atoms with E-state index in [4.69, 9.17) is 14.8 Å². The van der Waals surface area contributed by atoms with Gasteiger partial charge in [-0.05, 0) is 44.9 Å². The van der Waals surface area contributed by atoms with E-state index in [1.54, 1.807) is 0 Å². The van der Waals surface area contributed by atoms with Gasteiger partial charge in [-0.1, -0.05) is 134 Å². The van der Waals surface area contributed by atoms with Gasteiger partial charge in [-0.25, -0.2) is 4.57 Å². The second kappa shape index (κ2) is 31.9. The second-order valence-corrected chi connectivity index (χ2v) is 13.5. The molecule has 44 heavy (non-hydrogen) atoms. The maximum Gasteiger partial charge on any atom is 0.472 e. The lowest BCUT2D eigenvalue weighted by Gasteiger charge is -2.25. The van der Waals surface area contributed by atoms with Crippen LogP contribution in [0.2, 0.25) is 0 Å². The Labute approximate surface area is 270 Å². The SMILES string of the molecule is CCCCCC/C=C\C/C=C\CCCCCCCC(=O)NC(COP(=O)(O)OCCN)C(O)CCCCCCCCCCC. The number of unbranched alkanes of at least 4 members (excludes halogenated alkanes) is 17. The minimum absolute atomic E-state index is 0.0862. The summed E-state index contributed by atoms with van der Waals surface area (Å²) in [4.78, 5) is 22.5.